The maximum atomic E-state index is 6.37. The van der Waals surface area contributed by atoms with E-state index in [4.69, 9.17) is 17.4 Å². The van der Waals surface area contributed by atoms with Crippen LogP contribution in [0.2, 0.25) is 5.02 Å². The topological polar surface area (TPSA) is 38.0 Å². The molecule has 2 rings (SSSR count). The molecule has 20 heavy (non-hydrogen) atoms. The molecule has 1 heterocycles. The molecule has 1 aromatic carbocycles. The molecular formula is C16H21ClN2S. The molecule has 0 saturated heterocycles. The number of halogens is 1. The first-order chi connectivity index (χ1) is 9.52. The van der Waals surface area contributed by atoms with E-state index in [1.807, 2.05) is 6.92 Å². The average Bonchev–Trinajstić information content (AvgIpc) is 2.72. The van der Waals surface area contributed by atoms with Crippen molar-refractivity contribution in [2.75, 3.05) is 0 Å². The summed E-state index contributed by atoms with van der Waals surface area (Å²) in [6, 6.07) is 8.52. The summed E-state index contributed by atoms with van der Waals surface area (Å²) in [6.07, 6.45) is 1.07. The Hall–Kier alpha value is -0.870. The summed E-state index contributed by atoms with van der Waals surface area (Å²) in [6.45, 7) is 6.47. The molecule has 4 heteroatoms. The van der Waals surface area contributed by atoms with Crippen molar-refractivity contribution < 1.29 is 0 Å². The Morgan fingerprint density at radius 2 is 2.10 bits per heavy atom. The van der Waals surface area contributed by atoms with Crippen LogP contribution < -0.4 is 11.3 Å². The first kappa shape index (κ1) is 15.5. The number of hydrazine groups is 1. The maximum Gasteiger partial charge on any atom is 0.0817 e. The molecular weight excluding hydrogens is 288 g/mol. The summed E-state index contributed by atoms with van der Waals surface area (Å²) >= 11 is 8.02. The number of hydrogen-bond donors (Lipinski definition) is 2. The molecule has 0 saturated carbocycles. The van der Waals surface area contributed by atoms with Crippen LogP contribution in [0.1, 0.15) is 41.5 Å². The minimum Gasteiger partial charge on any atom is -0.271 e. The fourth-order valence-electron chi connectivity index (χ4n) is 2.34. The van der Waals surface area contributed by atoms with Crippen molar-refractivity contribution >= 4 is 22.9 Å². The third kappa shape index (κ3) is 3.41. The van der Waals surface area contributed by atoms with Gasteiger partial charge in [-0.3, -0.25) is 5.84 Å². The normalized spacial score (nSPS) is 12.9. The highest BCUT2D eigenvalue weighted by Gasteiger charge is 2.19. The first-order valence-electron chi connectivity index (χ1n) is 6.81. The van der Waals surface area contributed by atoms with Gasteiger partial charge in [0, 0.05) is 4.88 Å². The van der Waals surface area contributed by atoms with Gasteiger partial charge in [-0.2, -0.15) is 0 Å². The quantitative estimate of drug-likeness (QED) is 0.632. The lowest BCUT2D eigenvalue weighted by molar-refractivity contribution is 0.633. The zero-order chi connectivity index (χ0) is 14.7. The molecule has 1 atom stereocenters. The van der Waals surface area contributed by atoms with Crippen LogP contribution in [0.3, 0.4) is 0 Å². The zero-order valence-electron chi connectivity index (χ0n) is 12.1. The van der Waals surface area contributed by atoms with Crippen molar-refractivity contribution in [1.82, 2.24) is 5.43 Å². The van der Waals surface area contributed by atoms with E-state index in [0.717, 1.165) is 27.4 Å². The molecule has 1 aromatic heterocycles. The summed E-state index contributed by atoms with van der Waals surface area (Å²) in [5.41, 5.74) is 6.49. The summed E-state index contributed by atoms with van der Waals surface area (Å²) < 4.78 is 0. The minimum atomic E-state index is -0.0479. The largest absolute Gasteiger partial charge is 0.271 e. The second-order valence-corrected chi connectivity index (χ2v) is 6.83. The van der Waals surface area contributed by atoms with E-state index in [0.29, 0.717) is 5.92 Å². The lowest BCUT2D eigenvalue weighted by atomic mass is 9.97. The van der Waals surface area contributed by atoms with Gasteiger partial charge in [-0.1, -0.05) is 49.7 Å². The van der Waals surface area contributed by atoms with Gasteiger partial charge in [0.15, 0.2) is 0 Å². The number of rotatable bonds is 5. The molecule has 108 valence electrons. The van der Waals surface area contributed by atoms with Gasteiger partial charge in [0.25, 0.3) is 0 Å². The summed E-state index contributed by atoms with van der Waals surface area (Å²) in [5, 5.41) is 2.88. The smallest absolute Gasteiger partial charge is 0.0817 e. The standard InChI is InChI=1S/C16H21ClN2S/c1-10(2)7-12-5-4-6-13(8-12)15(19-18)16-14(17)11(3)9-20-16/h4-6,8-10,15,19H,7,18H2,1-3H3. The van der Waals surface area contributed by atoms with Crippen molar-refractivity contribution in [1.29, 1.82) is 0 Å². The van der Waals surface area contributed by atoms with E-state index >= 15 is 0 Å². The van der Waals surface area contributed by atoms with Gasteiger partial charge in [-0.15, -0.1) is 11.3 Å². The molecule has 0 amide bonds. The number of hydrogen-bond acceptors (Lipinski definition) is 3. The highest BCUT2D eigenvalue weighted by atomic mass is 35.5. The van der Waals surface area contributed by atoms with Gasteiger partial charge in [-0.05, 0) is 41.3 Å². The fourth-order valence-corrected chi connectivity index (χ4v) is 3.73. The van der Waals surface area contributed by atoms with Crippen molar-refractivity contribution in [3.05, 3.63) is 56.2 Å². The first-order valence-corrected chi connectivity index (χ1v) is 8.07. The summed E-state index contributed by atoms with van der Waals surface area (Å²) in [5.74, 6) is 6.41. The predicted octanol–water partition coefficient (Wildman–Crippen LogP) is 4.46. The van der Waals surface area contributed by atoms with Crippen molar-refractivity contribution in [2.24, 2.45) is 11.8 Å². The van der Waals surface area contributed by atoms with E-state index < -0.39 is 0 Å². The zero-order valence-corrected chi connectivity index (χ0v) is 13.7. The van der Waals surface area contributed by atoms with Crippen LogP contribution in [0.4, 0.5) is 0 Å². The Kier molecular flexibility index (Phi) is 5.22. The van der Waals surface area contributed by atoms with Crippen LogP contribution in [0, 0.1) is 12.8 Å². The third-order valence-electron chi connectivity index (χ3n) is 3.28. The summed E-state index contributed by atoms with van der Waals surface area (Å²) in [7, 11) is 0. The van der Waals surface area contributed by atoms with Crippen LogP contribution in [0.25, 0.3) is 0 Å². The van der Waals surface area contributed by atoms with E-state index in [-0.39, 0.29) is 6.04 Å². The van der Waals surface area contributed by atoms with E-state index in [2.05, 4.69) is 48.9 Å². The molecule has 0 aliphatic rings. The molecule has 3 N–H and O–H groups in total. The van der Waals surface area contributed by atoms with Gasteiger partial charge >= 0.3 is 0 Å². The highest BCUT2D eigenvalue weighted by molar-refractivity contribution is 7.10. The Morgan fingerprint density at radius 1 is 1.35 bits per heavy atom. The second-order valence-electron chi connectivity index (χ2n) is 5.54. The molecule has 0 spiro atoms. The van der Waals surface area contributed by atoms with Crippen LogP contribution >= 0.6 is 22.9 Å². The van der Waals surface area contributed by atoms with Crippen molar-refractivity contribution in [3.63, 3.8) is 0 Å². The fraction of sp³-hybridized carbons (Fsp3) is 0.375. The number of nitrogens with two attached hydrogens (primary N) is 1. The van der Waals surface area contributed by atoms with Gasteiger partial charge in [0.2, 0.25) is 0 Å². The van der Waals surface area contributed by atoms with Gasteiger partial charge in [-0.25, -0.2) is 5.43 Å². The maximum absolute atomic E-state index is 6.37. The van der Waals surface area contributed by atoms with E-state index in [1.165, 1.54) is 5.56 Å². The molecule has 1 unspecified atom stereocenters. The monoisotopic (exact) mass is 308 g/mol. The molecule has 0 radical (unpaired) electrons. The van der Waals surface area contributed by atoms with Gasteiger partial charge < -0.3 is 0 Å². The number of benzene rings is 1. The molecule has 0 bridgehead atoms. The number of aryl methyl sites for hydroxylation is 1. The molecule has 0 aliphatic heterocycles. The Morgan fingerprint density at radius 3 is 2.65 bits per heavy atom. The number of thiophene rings is 1. The Labute approximate surface area is 129 Å². The molecule has 0 fully saturated rings. The van der Waals surface area contributed by atoms with Gasteiger partial charge in [0.1, 0.15) is 0 Å². The number of nitrogens with one attached hydrogen (secondary N) is 1. The Balaban J connectivity index is 2.34. The SMILES string of the molecule is Cc1csc(C(NN)c2cccc(CC(C)C)c2)c1Cl. The lowest BCUT2D eigenvalue weighted by Crippen LogP contribution is -2.28. The second kappa shape index (κ2) is 6.72. The third-order valence-corrected chi connectivity index (χ3v) is 5.06. The van der Waals surface area contributed by atoms with E-state index in [9.17, 15) is 0 Å². The van der Waals surface area contributed by atoms with Gasteiger partial charge in [0.05, 0.1) is 11.1 Å². The average molecular weight is 309 g/mol. The van der Waals surface area contributed by atoms with Crippen molar-refractivity contribution in [3.8, 4) is 0 Å². The predicted molar refractivity (Wildman–Crippen MR) is 88.2 cm³/mol. The minimum absolute atomic E-state index is 0.0479. The van der Waals surface area contributed by atoms with Crippen LogP contribution in [-0.4, -0.2) is 0 Å². The van der Waals surface area contributed by atoms with Crippen LogP contribution in [0.15, 0.2) is 29.6 Å². The van der Waals surface area contributed by atoms with E-state index in [1.54, 1.807) is 11.3 Å². The Bertz CT molecular complexity index is 578. The molecule has 2 aromatic rings. The molecule has 0 aliphatic carbocycles. The van der Waals surface area contributed by atoms with Crippen molar-refractivity contribution in [2.45, 2.75) is 33.2 Å². The lowest BCUT2D eigenvalue weighted by Gasteiger charge is -2.17. The van der Waals surface area contributed by atoms with Crippen LogP contribution in [0.5, 0.6) is 0 Å². The van der Waals surface area contributed by atoms with Crippen LogP contribution in [-0.2, 0) is 6.42 Å². The summed E-state index contributed by atoms with van der Waals surface area (Å²) in [4.78, 5) is 1.08. The molecule has 2 nitrogen and oxygen atoms in total. The highest BCUT2D eigenvalue weighted by Crippen LogP contribution is 2.35.